The summed E-state index contributed by atoms with van der Waals surface area (Å²) in [6.07, 6.45) is 2.50. The molecule has 0 aromatic rings. The Labute approximate surface area is 65.9 Å². The average molecular weight is 158 g/mol. The summed E-state index contributed by atoms with van der Waals surface area (Å²) in [6.45, 7) is 0. The molecule has 1 rings (SSSR count). The van der Waals surface area contributed by atoms with Gasteiger partial charge in [0.05, 0.1) is 0 Å². The third-order valence-electron chi connectivity index (χ3n) is 2.23. The van der Waals surface area contributed by atoms with Crippen molar-refractivity contribution in [3.8, 4) is 0 Å². The monoisotopic (exact) mass is 158 g/mol. The van der Waals surface area contributed by atoms with E-state index in [2.05, 4.69) is 10.8 Å². The van der Waals surface area contributed by atoms with Crippen molar-refractivity contribution in [3.63, 3.8) is 0 Å². The van der Waals surface area contributed by atoms with E-state index in [0.717, 1.165) is 19.3 Å². The maximum atomic E-state index is 11.1. The van der Waals surface area contributed by atoms with Gasteiger partial charge in [0, 0.05) is 19.0 Å². The van der Waals surface area contributed by atoms with Gasteiger partial charge in [0.25, 0.3) is 0 Å². The lowest BCUT2D eigenvalue weighted by molar-refractivity contribution is -0.124. The fourth-order valence-corrected chi connectivity index (χ4v) is 1.54. The van der Waals surface area contributed by atoms with Gasteiger partial charge in [-0.15, -0.1) is 0 Å². The molecule has 0 saturated heterocycles. The van der Waals surface area contributed by atoms with Gasteiger partial charge in [-0.3, -0.25) is 4.79 Å². The predicted molar refractivity (Wildman–Crippen MR) is 40.1 cm³/mol. The summed E-state index contributed by atoms with van der Waals surface area (Å²) in [5.41, 5.74) is 2.19. The molecular formula is C7H14N2O2. The fourth-order valence-electron chi connectivity index (χ4n) is 1.54. The van der Waals surface area contributed by atoms with Gasteiger partial charge in [0.1, 0.15) is 0 Å². The van der Waals surface area contributed by atoms with Gasteiger partial charge in [0.15, 0.2) is 0 Å². The molecule has 0 heterocycles. The topological polar surface area (TPSA) is 61.4 Å². The molecule has 64 valence electrons. The van der Waals surface area contributed by atoms with Gasteiger partial charge in [-0.1, -0.05) is 0 Å². The Morgan fingerprint density at radius 1 is 1.55 bits per heavy atom. The molecule has 1 saturated carbocycles. The summed E-state index contributed by atoms with van der Waals surface area (Å²) in [6, 6.07) is 0.109. The van der Waals surface area contributed by atoms with Crippen LogP contribution < -0.4 is 10.8 Å². The molecule has 3 N–H and O–H groups in total. The Kier molecular flexibility index (Phi) is 2.84. The van der Waals surface area contributed by atoms with Crippen LogP contribution in [-0.2, 0) is 4.79 Å². The first-order valence-corrected chi connectivity index (χ1v) is 3.89. The van der Waals surface area contributed by atoms with Crippen LogP contribution in [0.4, 0.5) is 0 Å². The van der Waals surface area contributed by atoms with Gasteiger partial charge < -0.3 is 10.5 Å². The second-order valence-electron chi connectivity index (χ2n) is 2.95. The molecule has 0 aliphatic heterocycles. The highest BCUT2D eigenvalue weighted by molar-refractivity contribution is 5.78. The lowest BCUT2D eigenvalue weighted by Gasteiger charge is -2.07. The van der Waals surface area contributed by atoms with Crippen molar-refractivity contribution in [2.24, 2.45) is 5.92 Å². The zero-order chi connectivity index (χ0) is 8.27. The Balaban J connectivity index is 2.35. The van der Waals surface area contributed by atoms with Crippen molar-refractivity contribution in [2.75, 3.05) is 7.05 Å². The number of amides is 1. The standard InChI is InChI=1S/C7H14N2O2/c1-8-7(10)5-2-3-6(4-5)9-11/h5-6,9,11H,2-4H2,1H3,(H,8,10). The van der Waals surface area contributed by atoms with E-state index < -0.39 is 0 Å². The maximum Gasteiger partial charge on any atom is 0.222 e. The maximum absolute atomic E-state index is 11.1. The minimum atomic E-state index is 0.0859. The fraction of sp³-hybridized carbons (Fsp3) is 0.857. The molecule has 0 bridgehead atoms. The van der Waals surface area contributed by atoms with Crippen LogP contribution in [0.15, 0.2) is 0 Å². The van der Waals surface area contributed by atoms with E-state index in [0.29, 0.717) is 0 Å². The van der Waals surface area contributed by atoms with E-state index in [1.54, 1.807) is 7.05 Å². The van der Waals surface area contributed by atoms with Crippen LogP contribution in [0.25, 0.3) is 0 Å². The average Bonchev–Trinajstić information content (AvgIpc) is 2.50. The zero-order valence-electron chi connectivity index (χ0n) is 6.63. The van der Waals surface area contributed by atoms with Crippen molar-refractivity contribution in [1.29, 1.82) is 0 Å². The number of nitrogens with one attached hydrogen (secondary N) is 2. The molecule has 1 aliphatic carbocycles. The van der Waals surface area contributed by atoms with E-state index in [1.807, 2.05) is 0 Å². The summed E-state index contributed by atoms with van der Waals surface area (Å²) in [5, 5.41) is 11.2. The first kappa shape index (κ1) is 8.49. The minimum Gasteiger partial charge on any atom is -0.359 e. The van der Waals surface area contributed by atoms with Crippen LogP contribution in [0.3, 0.4) is 0 Å². The summed E-state index contributed by atoms with van der Waals surface area (Å²) in [5.74, 6) is 0.174. The van der Waals surface area contributed by atoms with E-state index in [1.165, 1.54) is 0 Å². The Morgan fingerprint density at radius 3 is 2.73 bits per heavy atom. The van der Waals surface area contributed by atoms with E-state index in [4.69, 9.17) is 5.21 Å². The molecule has 1 aliphatic rings. The highest BCUT2D eigenvalue weighted by Crippen LogP contribution is 2.24. The van der Waals surface area contributed by atoms with Crippen molar-refractivity contribution in [2.45, 2.75) is 25.3 Å². The van der Waals surface area contributed by atoms with Crippen LogP contribution in [0.2, 0.25) is 0 Å². The Bertz CT molecular complexity index is 149. The van der Waals surface area contributed by atoms with Crippen LogP contribution >= 0.6 is 0 Å². The molecule has 2 unspecified atom stereocenters. The zero-order valence-corrected chi connectivity index (χ0v) is 6.63. The second-order valence-corrected chi connectivity index (χ2v) is 2.95. The summed E-state index contributed by atoms with van der Waals surface area (Å²) >= 11 is 0. The summed E-state index contributed by atoms with van der Waals surface area (Å²) in [4.78, 5) is 11.1. The molecule has 0 radical (unpaired) electrons. The quantitative estimate of drug-likeness (QED) is 0.491. The van der Waals surface area contributed by atoms with Gasteiger partial charge in [-0.05, 0) is 19.3 Å². The largest absolute Gasteiger partial charge is 0.359 e. The highest BCUT2D eigenvalue weighted by atomic mass is 16.5. The van der Waals surface area contributed by atoms with Crippen molar-refractivity contribution in [1.82, 2.24) is 10.8 Å². The smallest absolute Gasteiger partial charge is 0.222 e. The summed E-state index contributed by atoms with van der Waals surface area (Å²) in [7, 11) is 1.64. The third-order valence-corrected chi connectivity index (χ3v) is 2.23. The molecule has 2 atom stereocenters. The van der Waals surface area contributed by atoms with Gasteiger partial charge in [-0.25, -0.2) is 5.48 Å². The number of rotatable bonds is 2. The highest BCUT2D eigenvalue weighted by Gasteiger charge is 2.28. The van der Waals surface area contributed by atoms with Crippen LogP contribution in [0.1, 0.15) is 19.3 Å². The molecule has 1 amide bonds. The number of hydrogen-bond acceptors (Lipinski definition) is 3. The lowest BCUT2D eigenvalue weighted by Crippen LogP contribution is -2.28. The first-order valence-electron chi connectivity index (χ1n) is 3.89. The molecule has 0 aromatic carbocycles. The van der Waals surface area contributed by atoms with Crippen LogP contribution in [0.5, 0.6) is 0 Å². The second kappa shape index (κ2) is 3.69. The number of carbonyl (C=O) groups excluding carboxylic acids is 1. The molecule has 4 nitrogen and oxygen atoms in total. The predicted octanol–water partition coefficient (Wildman–Crippen LogP) is -0.120. The van der Waals surface area contributed by atoms with E-state index in [9.17, 15) is 4.79 Å². The van der Waals surface area contributed by atoms with Gasteiger partial charge >= 0.3 is 0 Å². The molecule has 11 heavy (non-hydrogen) atoms. The Hall–Kier alpha value is -0.610. The normalized spacial score (nSPS) is 30.4. The third kappa shape index (κ3) is 1.91. The van der Waals surface area contributed by atoms with Crippen molar-refractivity contribution < 1.29 is 10.0 Å². The number of hydrogen-bond donors (Lipinski definition) is 3. The van der Waals surface area contributed by atoms with E-state index >= 15 is 0 Å². The van der Waals surface area contributed by atoms with Gasteiger partial charge in [-0.2, -0.15) is 0 Å². The van der Waals surface area contributed by atoms with Crippen molar-refractivity contribution >= 4 is 5.91 Å². The molecule has 4 heteroatoms. The molecule has 0 spiro atoms. The SMILES string of the molecule is CNC(=O)C1CCC(NO)C1. The lowest BCUT2D eigenvalue weighted by atomic mass is 10.1. The molecule has 1 fully saturated rings. The number of carbonyl (C=O) groups is 1. The minimum absolute atomic E-state index is 0.0859. The molecule has 0 aromatic heterocycles. The first-order chi connectivity index (χ1) is 5.27. The Morgan fingerprint density at radius 2 is 2.27 bits per heavy atom. The van der Waals surface area contributed by atoms with E-state index in [-0.39, 0.29) is 17.9 Å². The number of hydroxylamine groups is 1. The van der Waals surface area contributed by atoms with Crippen molar-refractivity contribution in [3.05, 3.63) is 0 Å². The van der Waals surface area contributed by atoms with Crippen LogP contribution in [-0.4, -0.2) is 24.2 Å². The summed E-state index contributed by atoms with van der Waals surface area (Å²) < 4.78 is 0. The van der Waals surface area contributed by atoms with Crippen LogP contribution in [0, 0.1) is 5.92 Å². The van der Waals surface area contributed by atoms with Gasteiger partial charge in [0.2, 0.25) is 5.91 Å². The molecular weight excluding hydrogens is 144 g/mol.